The summed E-state index contributed by atoms with van der Waals surface area (Å²) in [6.07, 6.45) is 0. The predicted molar refractivity (Wildman–Crippen MR) is 62.3 cm³/mol. The highest BCUT2D eigenvalue weighted by Gasteiger charge is 2.07. The second-order valence-corrected chi connectivity index (χ2v) is 3.44. The number of anilines is 2. The number of hydrogen-bond acceptors (Lipinski definition) is 7. The summed E-state index contributed by atoms with van der Waals surface area (Å²) in [5.41, 5.74) is 8.74. The molecule has 90 valence electrons. The number of nitrogens with two attached hydrogens (primary N) is 2. The Balaban J connectivity index is 2.29. The number of nitrogens with one attached hydrogen (secondary N) is 1. The topological polar surface area (TPSA) is 117 Å². The summed E-state index contributed by atoms with van der Waals surface area (Å²) in [7, 11) is 1.77. The second-order valence-electron chi connectivity index (χ2n) is 3.44. The van der Waals surface area contributed by atoms with Crippen molar-refractivity contribution in [3.05, 3.63) is 17.8 Å². The van der Waals surface area contributed by atoms with Crippen molar-refractivity contribution in [1.82, 2.24) is 19.7 Å². The Kier molecular flexibility index (Phi) is 2.79. The number of hydrogen-bond donors (Lipinski definition) is 3. The van der Waals surface area contributed by atoms with E-state index in [1.165, 1.54) is 0 Å². The highest BCUT2D eigenvalue weighted by Crippen LogP contribution is 2.22. The molecule has 5 N–H and O–H groups in total. The minimum atomic E-state index is 0.0781. The van der Waals surface area contributed by atoms with E-state index in [4.69, 9.17) is 16.3 Å². The summed E-state index contributed by atoms with van der Waals surface area (Å²) in [6.45, 7) is 1.87. The van der Waals surface area contributed by atoms with Gasteiger partial charge in [-0.25, -0.2) is 10.5 Å². The number of aryl methyl sites for hydroxylation is 2. The molecule has 0 unspecified atom stereocenters. The zero-order valence-electron chi connectivity index (χ0n) is 9.51. The third-order valence-corrected chi connectivity index (χ3v) is 2.04. The molecule has 17 heavy (non-hydrogen) atoms. The van der Waals surface area contributed by atoms with Crippen LogP contribution >= 0.6 is 0 Å². The van der Waals surface area contributed by atoms with Gasteiger partial charge in [-0.05, 0) is 6.92 Å². The van der Waals surface area contributed by atoms with Gasteiger partial charge in [0.05, 0.1) is 5.69 Å². The van der Waals surface area contributed by atoms with Gasteiger partial charge in [0.25, 0.3) is 0 Å². The largest absolute Gasteiger partial charge is 0.421 e. The number of rotatable bonds is 3. The van der Waals surface area contributed by atoms with Crippen LogP contribution in [0, 0.1) is 6.92 Å². The average molecular weight is 235 g/mol. The fraction of sp³-hybridized carbons (Fsp3) is 0.222. The Morgan fingerprint density at radius 1 is 1.35 bits per heavy atom. The molecule has 0 aliphatic heterocycles. The lowest BCUT2D eigenvalue weighted by atomic mass is 10.5. The number of hydrazine groups is 1. The summed E-state index contributed by atoms with van der Waals surface area (Å²) in [4.78, 5) is 7.78. The standard InChI is InChI=1S/C9H13N7O/c1-5-3-8(16(2)15-5)17-7-4-6(14-11)12-9(10)13-7/h3-4H,11H2,1-2H3,(H3,10,12,13,14). The maximum absolute atomic E-state index is 5.53. The Bertz CT molecular complexity index is 536. The molecule has 0 radical (unpaired) electrons. The molecule has 0 atom stereocenters. The maximum atomic E-state index is 5.53. The minimum absolute atomic E-state index is 0.0781. The zero-order valence-corrected chi connectivity index (χ0v) is 9.51. The Labute approximate surface area is 97.6 Å². The van der Waals surface area contributed by atoms with E-state index in [-0.39, 0.29) is 5.95 Å². The highest BCUT2D eigenvalue weighted by molar-refractivity contribution is 5.42. The van der Waals surface area contributed by atoms with E-state index in [0.29, 0.717) is 17.6 Å². The molecule has 0 saturated carbocycles. The van der Waals surface area contributed by atoms with E-state index >= 15 is 0 Å². The molecule has 0 aliphatic carbocycles. The third-order valence-electron chi connectivity index (χ3n) is 2.04. The third kappa shape index (κ3) is 2.42. The van der Waals surface area contributed by atoms with Crippen molar-refractivity contribution < 1.29 is 4.74 Å². The van der Waals surface area contributed by atoms with Gasteiger partial charge in [-0.3, -0.25) is 0 Å². The van der Waals surface area contributed by atoms with E-state index in [0.717, 1.165) is 5.69 Å². The van der Waals surface area contributed by atoms with Crippen molar-refractivity contribution in [1.29, 1.82) is 0 Å². The summed E-state index contributed by atoms with van der Waals surface area (Å²) in [5.74, 6) is 6.56. The molecule has 2 aromatic heterocycles. The molecule has 0 spiro atoms. The molecule has 0 bridgehead atoms. The van der Waals surface area contributed by atoms with Gasteiger partial charge in [0.15, 0.2) is 0 Å². The smallest absolute Gasteiger partial charge is 0.228 e. The molecule has 2 aromatic rings. The lowest BCUT2D eigenvalue weighted by molar-refractivity contribution is 0.415. The summed E-state index contributed by atoms with van der Waals surface area (Å²) >= 11 is 0. The zero-order chi connectivity index (χ0) is 12.4. The molecule has 0 aliphatic rings. The summed E-state index contributed by atoms with van der Waals surface area (Å²) in [5, 5.41) is 4.15. The highest BCUT2D eigenvalue weighted by atomic mass is 16.5. The SMILES string of the molecule is Cc1cc(Oc2cc(NN)nc(N)n2)n(C)n1. The molecule has 0 saturated heterocycles. The van der Waals surface area contributed by atoms with Crippen LogP contribution in [0.5, 0.6) is 11.8 Å². The average Bonchev–Trinajstić information content (AvgIpc) is 2.56. The van der Waals surface area contributed by atoms with E-state index < -0.39 is 0 Å². The molecule has 2 rings (SSSR count). The van der Waals surface area contributed by atoms with Gasteiger partial charge in [-0.15, -0.1) is 0 Å². The van der Waals surface area contributed by atoms with Gasteiger partial charge in [0.2, 0.25) is 17.7 Å². The van der Waals surface area contributed by atoms with Crippen LogP contribution in [0.1, 0.15) is 5.69 Å². The Hall–Kier alpha value is -2.35. The van der Waals surface area contributed by atoms with Crippen LogP contribution in [0.15, 0.2) is 12.1 Å². The number of aromatic nitrogens is 4. The lowest BCUT2D eigenvalue weighted by Gasteiger charge is -2.06. The van der Waals surface area contributed by atoms with Crippen LogP contribution in [-0.2, 0) is 7.05 Å². The lowest BCUT2D eigenvalue weighted by Crippen LogP contribution is -2.10. The molecule has 0 fully saturated rings. The van der Waals surface area contributed by atoms with E-state index in [9.17, 15) is 0 Å². The molecule has 2 heterocycles. The Morgan fingerprint density at radius 2 is 2.12 bits per heavy atom. The van der Waals surface area contributed by atoms with Gasteiger partial charge in [-0.2, -0.15) is 15.1 Å². The van der Waals surface area contributed by atoms with Crippen LogP contribution in [0.3, 0.4) is 0 Å². The Morgan fingerprint density at radius 3 is 2.71 bits per heavy atom. The fourth-order valence-corrected chi connectivity index (χ4v) is 1.36. The van der Waals surface area contributed by atoms with Gasteiger partial charge in [-0.1, -0.05) is 0 Å². The number of ether oxygens (including phenoxy) is 1. The van der Waals surface area contributed by atoms with Crippen LogP contribution in [0.25, 0.3) is 0 Å². The summed E-state index contributed by atoms with van der Waals surface area (Å²) < 4.78 is 7.13. The number of nitrogens with zero attached hydrogens (tertiary/aromatic N) is 4. The first-order valence-corrected chi connectivity index (χ1v) is 4.88. The first kappa shape index (κ1) is 11.1. The first-order valence-electron chi connectivity index (χ1n) is 4.88. The van der Waals surface area contributed by atoms with Gasteiger partial charge in [0, 0.05) is 19.2 Å². The van der Waals surface area contributed by atoms with Gasteiger partial charge < -0.3 is 15.9 Å². The first-order chi connectivity index (χ1) is 8.08. The summed E-state index contributed by atoms with van der Waals surface area (Å²) in [6, 6.07) is 3.33. The van der Waals surface area contributed by atoms with E-state index in [1.807, 2.05) is 6.92 Å². The molecular weight excluding hydrogens is 222 g/mol. The van der Waals surface area contributed by atoms with Crippen LogP contribution in [0.4, 0.5) is 11.8 Å². The van der Waals surface area contributed by atoms with Crippen molar-refractivity contribution in [2.75, 3.05) is 11.2 Å². The van der Waals surface area contributed by atoms with Crippen molar-refractivity contribution in [2.45, 2.75) is 6.92 Å². The molecular formula is C9H13N7O. The van der Waals surface area contributed by atoms with Crippen molar-refractivity contribution in [3.63, 3.8) is 0 Å². The molecule has 0 aromatic carbocycles. The van der Waals surface area contributed by atoms with E-state index in [1.54, 1.807) is 23.9 Å². The van der Waals surface area contributed by atoms with Gasteiger partial charge >= 0.3 is 0 Å². The molecule has 8 heteroatoms. The van der Waals surface area contributed by atoms with Crippen molar-refractivity contribution in [2.24, 2.45) is 12.9 Å². The van der Waals surface area contributed by atoms with Gasteiger partial charge in [0.1, 0.15) is 5.82 Å². The van der Waals surface area contributed by atoms with Crippen LogP contribution in [-0.4, -0.2) is 19.7 Å². The molecule has 0 amide bonds. The van der Waals surface area contributed by atoms with E-state index in [2.05, 4.69) is 20.5 Å². The minimum Gasteiger partial charge on any atom is -0.421 e. The van der Waals surface area contributed by atoms with Crippen molar-refractivity contribution in [3.8, 4) is 11.8 Å². The predicted octanol–water partition coefficient (Wildman–Crippen LogP) is 0.179. The van der Waals surface area contributed by atoms with Crippen LogP contribution in [0.2, 0.25) is 0 Å². The van der Waals surface area contributed by atoms with Crippen LogP contribution < -0.4 is 21.7 Å². The maximum Gasteiger partial charge on any atom is 0.228 e. The normalized spacial score (nSPS) is 10.3. The monoisotopic (exact) mass is 235 g/mol. The van der Waals surface area contributed by atoms with Crippen molar-refractivity contribution >= 4 is 11.8 Å². The second kappa shape index (κ2) is 4.26. The fourth-order valence-electron chi connectivity index (χ4n) is 1.36. The number of nitrogen functional groups attached to an aromatic ring is 2. The molecule has 8 nitrogen and oxygen atoms in total. The quantitative estimate of drug-likeness (QED) is 0.513.